The summed E-state index contributed by atoms with van der Waals surface area (Å²) in [5.41, 5.74) is 0. The molecule has 0 rings (SSSR count). The van der Waals surface area contributed by atoms with Gasteiger partial charge in [0.05, 0.1) is 6.61 Å². The fourth-order valence-corrected chi connectivity index (χ4v) is 0.374. The topological polar surface area (TPSA) is 104 Å². The maximum atomic E-state index is 10.1. The first-order valence-corrected chi connectivity index (χ1v) is 2.75. The van der Waals surface area contributed by atoms with Gasteiger partial charge in [-0.05, 0) is 0 Å². The molecule has 3 N–H and O–H groups in total. The van der Waals surface area contributed by atoms with E-state index in [0.717, 1.165) is 0 Å². The Labute approximate surface area is 62.0 Å². The lowest BCUT2D eigenvalue weighted by Crippen LogP contribution is -2.29. The van der Waals surface area contributed by atoms with Gasteiger partial charge in [0.1, 0.15) is 6.61 Å². The number of carboxylic acids is 2. The summed E-state index contributed by atoms with van der Waals surface area (Å²) in [5.74, 6) is -2.65. The van der Waals surface area contributed by atoms with Crippen LogP contribution in [0.1, 0.15) is 0 Å². The van der Waals surface area contributed by atoms with E-state index in [1.54, 1.807) is 0 Å². The molecule has 0 spiro atoms. The number of aliphatic hydroxyl groups is 1. The summed E-state index contributed by atoms with van der Waals surface area (Å²) in [4.78, 5) is 19.9. The molecule has 6 heteroatoms. The standard InChI is InChI=1S/C5H8O6/c6-1-3(5(9)10)11-2-4(7)8/h3,6H,1-2H2,(H,7,8)(H,9,10)/t3-/m0/s1. The number of carbonyl (C=O) groups is 2. The van der Waals surface area contributed by atoms with E-state index in [4.69, 9.17) is 15.3 Å². The minimum absolute atomic E-state index is 0.725. The zero-order valence-corrected chi connectivity index (χ0v) is 5.56. The van der Waals surface area contributed by atoms with Crippen LogP contribution in [0.2, 0.25) is 0 Å². The molecule has 0 aliphatic rings. The Hall–Kier alpha value is -1.14. The van der Waals surface area contributed by atoms with Gasteiger partial charge in [-0.1, -0.05) is 0 Å². The molecule has 0 aliphatic heterocycles. The van der Waals surface area contributed by atoms with Crippen molar-refractivity contribution in [2.75, 3.05) is 13.2 Å². The summed E-state index contributed by atoms with van der Waals surface area (Å²) in [5, 5.41) is 24.6. The molecule has 0 radical (unpaired) electrons. The zero-order chi connectivity index (χ0) is 8.85. The predicted octanol–water partition coefficient (Wildman–Crippen LogP) is -1.47. The van der Waals surface area contributed by atoms with Crippen molar-refractivity contribution >= 4 is 11.9 Å². The molecule has 6 nitrogen and oxygen atoms in total. The molecular formula is C5H8O6. The van der Waals surface area contributed by atoms with Crippen LogP contribution in [0.15, 0.2) is 0 Å². The van der Waals surface area contributed by atoms with Crippen LogP contribution in [-0.4, -0.2) is 46.6 Å². The van der Waals surface area contributed by atoms with E-state index >= 15 is 0 Å². The Morgan fingerprint density at radius 3 is 2.18 bits per heavy atom. The highest BCUT2D eigenvalue weighted by Crippen LogP contribution is 1.90. The van der Waals surface area contributed by atoms with Crippen molar-refractivity contribution in [2.24, 2.45) is 0 Å². The molecule has 0 aliphatic carbocycles. The first-order chi connectivity index (χ1) is 5.07. The SMILES string of the molecule is O=C(O)CO[C@@H](CO)C(=O)O. The summed E-state index contributed by atoms with van der Waals surface area (Å²) in [6.07, 6.45) is -1.45. The predicted molar refractivity (Wildman–Crippen MR) is 32.1 cm³/mol. The molecule has 0 fully saturated rings. The van der Waals surface area contributed by atoms with Gasteiger partial charge in [-0.2, -0.15) is 0 Å². The van der Waals surface area contributed by atoms with Gasteiger partial charge >= 0.3 is 11.9 Å². The lowest BCUT2D eigenvalue weighted by Gasteiger charge is -2.07. The second-order valence-electron chi connectivity index (χ2n) is 1.71. The molecule has 0 heterocycles. The van der Waals surface area contributed by atoms with Crippen molar-refractivity contribution in [1.29, 1.82) is 0 Å². The lowest BCUT2D eigenvalue weighted by molar-refractivity contribution is -0.158. The molecule has 0 unspecified atom stereocenters. The summed E-state index contributed by atoms with van der Waals surface area (Å²) >= 11 is 0. The van der Waals surface area contributed by atoms with E-state index in [1.807, 2.05) is 0 Å². The van der Waals surface area contributed by atoms with Crippen molar-refractivity contribution in [1.82, 2.24) is 0 Å². The minimum Gasteiger partial charge on any atom is -0.480 e. The fraction of sp³-hybridized carbons (Fsp3) is 0.600. The maximum absolute atomic E-state index is 10.1. The van der Waals surface area contributed by atoms with E-state index in [2.05, 4.69) is 4.74 Å². The van der Waals surface area contributed by atoms with Crippen LogP contribution in [0.25, 0.3) is 0 Å². The Kier molecular flexibility index (Phi) is 4.16. The third-order valence-electron chi connectivity index (χ3n) is 0.849. The number of rotatable bonds is 5. The molecule has 11 heavy (non-hydrogen) atoms. The van der Waals surface area contributed by atoms with Crippen molar-refractivity contribution in [3.05, 3.63) is 0 Å². The third kappa shape index (κ3) is 4.29. The quantitative estimate of drug-likeness (QED) is 0.458. The highest BCUT2D eigenvalue weighted by molar-refractivity contribution is 5.73. The second kappa shape index (κ2) is 4.64. The molecule has 0 amide bonds. The molecule has 1 atom stereocenters. The zero-order valence-electron chi connectivity index (χ0n) is 5.56. The van der Waals surface area contributed by atoms with Gasteiger partial charge in [-0.15, -0.1) is 0 Å². The average molecular weight is 164 g/mol. The van der Waals surface area contributed by atoms with Crippen LogP contribution in [0.5, 0.6) is 0 Å². The number of hydrogen-bond acceptors (Lipinski definition) is 4. The number of ether oxygens (including phenoxy) is 1. The van der Waals surface area contributed by atoms with Gasteiger partial charge in [0.15, 0.2) is 6.10 Å². The molecule has 0 saturated heterocycles. The summed E-state index contributed by atoms with van der Waals surface area (Å²) < 4.78 is 4.27. The van der Waals surface area contributed by atoms with Gasteiger partial charge in [0.25, 0.3) is 0 Å². The fourth-order valence-electron chi connectivity index (χ4n) is 0.374. The van der Waals surface area contributed by atoms with E-state index in [0.29, 0.717) is 0 Å². The van der Waals surface area contributed by atoms with Crippen LogP contribution in [0, 0.1) is 0 Å². The molecule has 0 aromatic rings. The molecule has 0 aromatic carbocycles. The van der Waals surface area contributed by atoms with Crippen molar-refractivity contribution in [3.63, 3.8) is 0 Å². The Morgan fingerprint density at radius 1 is 1.36 bits per heavy atom. The lowest BCUT2D eigenvalue weighted by atomic mass is 10.4. The van der Waals surface area contributed by atoms with Crippen molar-refractivity contribution < 1.29 is 29.6 Å². The summed E-state index contributed by atoms with van der Waals surface area (Å²) in [6, 6.07) is 0. The Morgan fingerprint density at radius 2 is 1.91 bits per heavy atom. The first kappa shape index (κ1) is 9.86. The van der Waals surface area contributed by atoms with E-state index in [9.17, 15) is 9.59 Å². The van der Waals surface area contributed by atoms with Crippen LogP contribution < -0.4 is 0 Å². The Bertz CT molecular complexity index is 153. The second-order valence-corrected chi connectivity index (χ2v) is 1.71. The first-order valence-electron chi connectivity index (χ1n) is 2.75. The largest absolute Gasteiger partial charge is 0.480 e. The average Bonchev–Trinajstić information content (AvgIpc) is 1.87. The minimum atomic E-state index is -1.45. The van der Waals surface area contributed by atoms with Gasteiger partial charge in [-0.25, -0.2) is 9.59 Å². The van der Waals surface area contributed by atoms with E-state index in [-0.39, 0.29) is 0 Å². The summed E-state index contributed by atoms with van der Waals surface area (Å²) in [6.45, 7) is -1.46. The number of aliphatic hydroxyl groups excluding tert-OH is 1. The Balaban J connectivity index is 3.70. The van der Waals surface area contributed by atoms with Gasteiger partial charge in [0.2, 0.25) is 0 Å². The van der Waals surface area contributed by atoms with Crippen LogP contribution in [0.3, 0.4) is 0 Å². The number of aliphatic carboxylic acids is 2. The van der Waals surface area contributed by atoms with Crippen LogP contribution in [0.4, 0.5) is 0 Å². The third-order valence-corrected chi connectivity index (χ3v) is 0.849. The van der Waals surface area contributed by atoms with E-state index < -0.39 is 31.3 Å². The van der Waals surface area contributed by atoms with Gasteiger partial charge in [-0.3, -0.25) is 0 Å². The van der Waals surface area contributed by atoms with Crippen molar-refractivity contribution in [3.8, 4) is 0 Å². The van der Waals surface area contributed by atoms with Gasteiger partial charge in [0, 0.05) is 0 Å². The molecular weight excluding hydrogens is 156 g/mol. The number of hydrogen-bond donors (Lipinski definition) is 3. The molecule has 0 saturated carbocycles. The monoisotopic (exact) mass is 164 g/mol. The van der Waals surface area contributed by atoms with Gasteiger partial charge < -0.3 is 20.1 Å². The van der Waals surface area contributed by atoms with Crippen LogP contribution in [-0.2, 0) is 14.3 Å². The highest BCUT2D eigenvalue weighted by Gasteiger charge is 2.17. The molecule has 64 valence electrons. The number of carboxylic acid groups (broad SMARTS) is 2. The van der Waals surface area contributed by atoms with Crippen molar-refractivity contribution in [2.45, 2.75) is 6.10 Å². The summed E-state index contributed by atoms with van der Waals surface area (Å²) in [7, 11) is 0. The highest BCUT2D eigenvalue weighted by atomic mass is 16.5. The van der Waals surface area contributed by atoms with E-state index in [1.165, 1.54) is 0 Å². The normalized spacial score (nSPS) is 12.5. The maximum Gasteiger partial charge on any atom is 0.335 e. The molecule has 0 bridgehead atoms. The molecule has 0 aromatic heterocycles. The van der Waals surface area contributed by atoms with Crippen LogP contribution >= 0.6 is 0 Å². The smallest absolute Gasteiger partial charge is 0.335 e.